The van der Waals surface area contributed by atoms with Gasteiger partial charge in [-0.25, -0.2) is 0 Å². The van der Waals surface area contributed by atoms with Crippen LogP contribution in [0.3, 0.4) is 0 Å². The smallest absolute Gasteiger partial charge is 0.223 e. The molecule has 0 bridgehead atoms. The van der Waals surface area contributed by atoms with Crippen molar-refractivity contribution < 1.29 is 9.21 Å². The number of rotatable bonds is 1. The number of hydrogen-bond acceptors (Lipinski definition) is 2. The van der Waals surface area contributed by atoms with Gasteiger partial charge in [-0.3, -0.25) is 10.1 Å². The third kappa shape index (κ3) is 1.94. The molecule has 0 atom stereocenters. The quantitative estimate of drug-likeness (QED) is 0.830. The van der Waals surface area contributed by atoms with E-state index in [1.54, 1.807) is 18.2 Å². The van der Waals surface area contributed by atoms with Crippen molar-refractivity contribution >= 4 is 46.0 Å². The highest BCUT2D eigenvalue weighted by molar-refractivity contribution is 6.39. The summed E-state index contributed by atoms with van der Waals surface area (Å²) >= 11 is 11.8. The molecular formula is C10H7Cl2NO2. The Morgan fingerprint density at radius 3 is 2.80 bits per heavy atom. The topological polar surface area (TPSA) is 42.2 Å². The molecule has 0 aliphatic carbocycles. The number of carbonyl (C=O) groups excluding carboxylic acids is 1. The highest BCUT2D eigenvalue weighted by Crippen LogP contribution is 2.35. The highest BCUT2D eigenvalue weighted by Gasteiger charge is 2.13. The molecular weight excluding hydrogens is 237 g/mol. The van der Waals surface area contributed by atoms with E-state index in [0.717, 1.165) is 0 Å². The first-order valence-corrected chi connectivity index (χ1v) is 4.98. The molecule has 0 aliphatic heterocycles. The van der Waals surface area contributed by atoms with Gasteiger partial charge in [-0.15, -0.1) is 0 Å². The molecule has 0 aliphatic rings. The average Bonchev–Trinajstić information content (AvgIpc) is 2.44. The van der Waals surface area contributed by atoms with Crippen LogP contribution in [0, 0.1) is 0 Å². The molecule has 15 heavy (non-hydrogen) atoms. The van der Waals surface area contributed by atoms with Crippen molar-refractivity contribution in [1.29, 1.82) is 0 Å². The Balaban J connectivity index is 2.59. The Morgan fingerprint density at radius 1 is 1.40 bits per heavy atom. The fourth-order valence-electron chi connectivity index (χ4n) is 1.28. The molecule has 0 radical (unpaired) electrons. The monoisotopic (exact) mass is 243 g/mol. The summed E-state index contributed by atoms with van der Waals surface area (Å²) in [6.45, 7) is 1.39. The molecule has 2 rings (SSSR count). The Bertz CT molecular complexity index is 533. The number of halogens is 2. The van der Waals surface area contributed by atoms with E-state index in [1.165, 1.54) is 6.92 Å². The lowest BCUT2D eigenvalue weighted by Crippen LogP contribution is -2.04. The molecule has 1 aromatic carbocycles. The first-order chi connectivity index (χ1) is 7.08. The number of benzene rings is 1. The Labute approximate surface area is 96.0 Å². The van der Waals surface area contributed by atoms with Crippen molar-refractivity contribution in [3.05, 3.63) is 28.2 Å². The van der Waals surface area contributed by atoms with Crippen LogP contribution >= 0.6 is 23.2 Å². The van der Waals surface area contributed by atoms with Crippen molar-refractivity contribution in [3.8, 4) is 0 Å². The van der Waals surface area contributed by atoms with E-state index in [1.807, 2.05) is 0 Å². The van der Waals surface area contributed by atoms with Gasteiger partial charge >= 0.3 is 0 Å². The Kier molecular flexibility index (Phi) is 2.59. The van der Waals surface area contributed by atoms with Crippen molar-refractivity contribution in [2.75, 3.05) is 5.32 Å². The van der Waals surface area contributed by atoms with Gasteiger partial charge in [0.15, 0.2) is 0 Å². The molecule has 0 saturated carbocycles. The van der Waals surface area contributed by atoms with E-state index >= 15 is 0 Å². The molecule has 0 saturated heterocycles. The Hall–Kier alpha value is -1.19. The van der Waals surface area contributed by atoms with E-state index in [9.17, 15) is 4.79 Å². The maximum Gasteiger partial charge on any atom is 0.223 e. The minimum absolute atomic E-state index is 0.234. The standard InChI is InChI=1S/C10H7Cl2NO2/c1-5(14)13-10-9(12)7-4-6(11)2-3-8(7)15-10/h2-4H,1H3,(H,13,14). The summed E-state index contributed by atoms with van der Waals surface area (Å²) < 4.78 is 5.34. The molecule has 2 aromatic rings. The summed E-state index contributed by atoms with van der Waals surface area (Å²) in [6, 6.07) is 5.09. The summed E-state index contributed by atoms with van der Waals surface area (Å²) in [5, 5.41) is 4.12. The summed E-state index contributed by atoms with van der Waals surface area (Å²) in [5.74, 6) is 0.0171. The summed E-state index contributed by atoms with van der Waals surface area (Å²) in [5.41, 5.74) is 0.591. The second-order valence-electron chi connectivity index (χ2n) is 3.07. The molecule has 0 spiro atoms. The molecule has 1 aromatic heterocycles. The predicted molar refractivity (Wildman–Crippen MR) is 60.5 cm³/mol. The van der Waals surface area contributed by atoms with E-state index in [-0.39, 0.29) is 11.8 Å². The van der Waals surface area contributed by atoms with Crippen molar-refractivity contribution in [2.24, 2.45) is 0 Å². The van der Waals surface area contributed by atoms with Crippen LogP contribution in [0.25, 0.3) is 11.0 Å². The molecule has 3 nitrogen and oxygen atoms in total. The van der Waals surface area contributed by atoms with Gasteiger partial charge in [0.1, 0.15) is 10.6 Å². The van der Waals surface area contributed by atoms with Crippen molar-refractivity contribution in [3.63, 3.8) is 0 Å². The zero-order chi connectivity index (χ0) is 11.0. The highest BCUT2D eigenvalue weighted by atomic mass is 35.5. The largest absolute Gasteiger partial charge is 0.439 e. The van der Waals surface area contributed by atoms with Gasteiger partial charge < -0.3 is 4.42 Å². The lowest BCUT2D eigenvalue weighted by Gasteiger charge is -1.95. The van der Waals surface area contributed by atoms with Gasteiger partial charge in [0.25, 0.3) is 0 Å². The third-order valence-corrected chi connectivity index (χ3v) is 2.49. The predicted octanol–water partition coefficient (Wildman–Crippen LogP) is 3.70. The average molecular weight is 244 g/mol. The van der Waals surface area contributed by atoms with Crippen molar-refractivity contribution in [2.45, 2.75) is 6.92 Å². The van der Waals surface area contributed by atoms with Crippen LogP contribution in [0.4, 0.5) is 5.88 Å². The van der Waals surface area contributed by atoms with Gasteiger partial charge in [0.2, 0.25) is 11.8 Å². The first kappa shape index (κ1) is 10.3. The van der Waals surface area contributed by atoms with E-state index < -0.39 is 0 Å². The van der Waals surface area contributed by atoms with E-state index in [0.29, 0.717) is 21.0 Å². The van der Waals surface area contributed by atoms with Gasteiger partial charge in [-0.1, -0.05) is 23.2 Å². The molecule has 1 amide bonds. The van der Waals surface area contributed by atoms with Gasteiger partial charge in [0, 0.05) is 17.3 Å². The van der Waals surface area contributed by atoms with Crippen LogP contribution in [-0.2, 0) is 4.79 Å². The van der Waals surface area contributed by atoms with Gasteiger partial charge in [-0.2, -0.15) is 0 Å². The third-order valence-electron chi connectivity index (χ3n) is 1.88. The zero-order valence-electron chi connectivity index (χ0n) is 7.80. The summed E-state index contributed by atoms with van der Waals surface area (Å²) in [4.78, 5) is 10.9. The summed E-state index contributed by atoms with van der Waals surface area (Å²) in [7, 11) is 0. The molecule has 5 heteroatoms. The summed E-state index contributed by atoms with van der Waals surface area (Å²) in [6.07, 6.45) is 0. The second kappa shape index (κ2) is 3.76. The number of amides is 1. The minimum Gasteiger partial charge on any atom is -0.439 e. The normalized spacial score (nSPS) is 10.6. The van der Waals surface area contributed by atoms with Crippen LogP contribution in [0.5, 0.6) is 0 Å². The molecule has 78 valence electrons. The number of fused-ring (bicyclic) bond motifs is 1. The number of anilines is 1. The molecule has 1 heterocycles. The van der Waals surface area contributed by atoms with Gasteiger partial charge in [0.05, 0.1) is 0 Å². The maximum absolute atomic E-state index is 10.9. The molecule has 1 N–H and O–H groups in total. The SMILES string of the molecule is CC(=O)Nc1oc2ccc(Cl)cc2c1Cl. The second-order valence-corrected chi connectivity index (χ2v) is 3.88. The van der Waals surface area contributed by atoms with Gasteiger partial charge in [-0.05, 0) is 18.2 Å². The number of furan rings is 1. The molecule has 0 fully saturated rings. The lowest BCUT2D eigenvalue weighted by atomic mass is 10.2. The fourth-order valence-corrected chi connectivity index (χ4v) is 1.69. The van der Waals surface area contributed by atoms with Crippen molar-refractivity contribution in [1.82, 2.24) is 0 Å². The number of nitrogens with one attached hydrogen (secondary N) is 1. The van der Waals surface area contributed by atoms with E-state index in [4.69, 9.17) is 27.6 Å². The zero-order valence-corrected chi connectivity index (χ0v) is 9.32. The number of carbonyl (C=O) groups is 1. The van der Waals surface area contributed by atoms with Crippen LogP contribution in [-0.4, -0.2) is 5.91 Å². The Morgan fingerprint density at radius 2 is 2.13 bits per heavy atom. The lowest BCUT2D eigenvalue weighted by molar-refractivity contribution is -0.114. The molecule has 0 unspecified atom stereocenters. The van der Waals surface area contributed by atoms with Crippen LogP contribution in [0.1, 0.15) is 6.92 Å². The van der Waals surface area contributed by atoms with E-state index in [2.05, 4.69) is 5.32 Å². The first-order valence-electron chi connectivity index (χ1n) is 4.23. The minimum atomic E-state index is -0.234. The fraction of sp³-hybridized carbons (Fsp3) is 0.100. The number of hydrogen-bond donors (Lipinski definition) is 1. The van der Waals surface area contributed by atoms with Crippen LogP contribution in [0.2, 0.25) is 10.0 Å². The van der Waals surface area contributed by atoms with Crippen LogP contribution in [0.15, 0.2) is 22.6 Å². The maximum atomic E-state index is 10.9. The van der Waals surface area contributed by atoms with Crippen LogP contribution < -0.4 is 5.32 Å².